The lowest BCUT2D eigenvalue weighted by atomic mass is 10.1. The van der Waals surface area contributed by atoms with Gasteiger partial charge in [0.2, 0.25) is 11.9 Å². The second-order valence-corrected chi connectivity index (χ2v) is 6.89. The summed E-state index contributed by atoms with van der Waals surface area (Å²) in [4.78, 5) is 46.2. The van der Waals surface area contributed by atoms with Gasteiger partial charge in [0.25, 0.3) is 5.56 Å². The molecule has 11 nitrogen and oxygen atoms in total. The monoisotopic (exact) mass is 435 g/mol. The fourth-order valence-corrected chi connectivity index (χ4v) is 2.94. The van der Waals surface area contributed by atoms with E-state index in [0.717, 1.165) is 38.4 Å². The van der Waals surface area contributed by atoms with Crippen molar-refractivity contribution in [3.8, 4) is 0 Å². The van der Waals surface area contributed by atoms with Crippen molar-refractivity contribution in [3.63, 3.8) is 0 Å². The zero-order valence-corrected chi connectivity index (χ0v) is 17.5. The number of aliphatic hydroxyl groups is 1. The predicted octanol–water partition coefficient (Wildman–Crippen LogP) is 1.83. The number of esters is 1. The molecule has 0 radical (unpaired) electrons. The fraction of sp³-hybridized carbons (Fsp3) is 0.550. The molecule has 1 amide bonds. The Morgan fingerprint density at radius 3 is 2.61 bits per heavy atom. The number of nitrogens with zero attached hydrogens (tertiary/aromatic N) is 3. The summed E-state index contributed by atoms with van der Waals surface area (Å²) in [6, 6.07) is 0. The van der Waals surface area contributed by atoms with Crippen LogP contribution in [0.2, 0.25) is 0 Å². The number of nitrogens with one attached hydrogen (secondary N) is 2. The molecule has 0 aliphatic rings. The summed E-state index contributed by atoms with van der Waals surface area (Å²) in [5, 5.41) is 11.4. The molecule has 2 rings (SSSR count). The number of fused-ring (bicyclic) bond motifs is 1. The molecule has 2 heterocycles. The number of carbonyl (C=O) groups excluding carboxylic acids is 2. The lowest BCUT2D eigenvalue weighted by molar-refractivity contribution is -0.138. The smallest absolute Gasteiger partial charge is 0.310 e. The second-order valence-electron chi connectivity index (χ2n) is 6.89. The van der Waals surface area contributed by atoms with Gasteiger partial charge in [0.1, 0.15) is 6.73 Å². The third-order valence-electron chi connectivity index (χ3n) is 4.45. The van der Waals surface area contributed by atoms with Gasteiger partial charge in [0.05, 0.1) is 25.8 Å². The van der Waals surface area contributed by atoms with Crippen molar-refractivity contribution in [3.05, 3.63) is 29.5 Å². The largest absolute Gasteiger partial charge is 0.435 e. The van der Waals surface area contributed by atoms with Crippen molar-refractivity contribution >= 4 is 29.0 Å². The fourth-order valence-electron chi connectivity index (χ4n) is 2.94. The first-order valence-corrected chi connectivity index (χ1v) is 10.3. The molecule has 0 aromatic carbocycles. The van der Waals surface area contributed by atoms with Crippen molar-refractivity contribution in [1.82, 2.24) is 19.5 Å². The minimum absolute atomic E-state index is 0.0535. The molecule has 2 aromatic rings. The van der Waals surface area contributed by atoms with Gasteiger partial charge in [-0.3, -0.25) is 29.3 Å². The molecular weight excluding hydrogens is 406 g/mol. The van der Waals surface area contributed by atoms with Crippen molar-refractivity contribution in [2.75, 3.05) is 18.5 Å². The Balaban J connectivity index is 1.72. The number of anilines is 1. The first kappa shape index (κ1) is 24.2. The van der Waals surface area contributed by atoms with E-state index in [1.54, 1.807) is 0 Å². The molecule has 0 bridgehead atoms. The standard InChI is InChI=1S/C20H29N5O6/c1-2-31-16(28)10-8-6-4-3-5-7-9-15(27)22-20-23-18-17(19(29)24-20)21-13-25(18)14-30-12-11-26/h2,13,26H,1,3-12,14H2,(H2,22,23,24,27,29). The van der Waals surface area contributed by atoms with E-state index in [0.29, 0.717) is 19.3 Å². The van der Waals surface area contributed by atoms with Crippen LogP contribution in [0.4, 0.5) is 5.95 Å². The lowest BCUT2D eigenvalue weighted by Gasteiger charge is -2.07. The normalized spacial score (nSPS) is 10.9. The second kappa shape index (κ2) is 13.3. The Kier molecular flexibility index (Phi) is 10.4. The van der Waals surface area contributed by atoms with Crippen LogP contribution >= 0.6 is 0 Å². The molecule has 31 heavy (non-hydrogen) atoms. The highest BCUT2D eigenvalue weighted by Crippen LogP contribution is 2.11. The third kappa shape index (κ3) is 8.30. The van der Waals surface area contributed by atoms with Gasteiger partial charge in [-0.15, -0.1) is 0 Å². The number of unbranched alkanes of at least 4 members (excludes halogenated alkanes) is 5. The Morgan fingerprint density at radius 2 is 1.90 bits per heavy atom. The number of ether oxygens (including phenoxy) is 2. The molecule has 3 N–H and O–H groups in total. The zero-order chi connectivity index (χ0) is 22.5. The van der Waals surface area contributed by atoms with Crippen LogP contribution in [0.15, 0.2) is 24.0 Å². The summed E-state index contributed by atoms with van der Waals surface area (Å²) in [5.41, 5.74) is -0.0319. The van der Waals surface area contributed by atoms with E-state index in [1.807, 2.05) is 0 Å². The Labute approximate surface area is 179 Å². The zero-order valence-electron chi connectivity index (χ0n) is 17.5. The maximum absolute atomic E-state index is 12.2. The van der Waals surface area contributed by atoms with Gasteiger partial charge in [0.15, 0.2) is 11.2 Å². The van der Waals surface area contributed by atoms with Gasteiger partial charge < -0.3 is 14.6 Å². The molecule has 170 valence electrons. The summed E-state index contributed by atoms with van der Waals surface area (Å²) in [7, 11) is 0. The number of amides is 1. The van der Waals surface area contributed by atoms with Crippen LogP contribution in [0.1, 0.15) is 51.4 Å². The molecule has 0 saturated carbocycles. The topological polar surface area (TPSA) is 148 Å². The van der Waals surface area contributed by atoms with Crippen LogP contribution in [-0.2, 0) is 25.8 Å². The van der Waals surface area contributed by atoms with Crippen LogP contribution < -0.4 is 10.9 Å². The molecule has 0 aliphatic carbocycles. The average Bonchev–Trinajstić information content (AvgIpc) is 3.14. The van der Waals surface area contributed by atoms with Crippen LogP contribution in [-0.4, -0.2) is 49.7 Å². The Hall–Kier alpha value is -3.05. The number of aliphatic hydroxyl groups excluding tert-OH is 1. The molecule has 0 atom stereocenters. The number of carbonyl (C=O) groups is 2. The summed E-state index contributed by atoms with van der Waals surface area (Å²) in [5.74, 6) is -0.452. The number of rotatable bonds is 15. The minimum atomic E-state index is -0.460. The van der Waals surface area contributed by atoms with E-state index in [2.05, 4.69) is 31.6 Å². The predicted molar refractivity (Wildman–Crippen MR) is 113 cm³/mol. The highest BCUT2D eigenvalue weighted by molar-refractivity contribution is 5.89. The number of aromatic amines is 1. The summed E-state index contributed by atoms with van der Waals surface area (Å²) in [6.07, 6.45) is 8.51. The van der Waals surface area contributed by atoms with Crippen molar-refractivity contribution in [2.24, 2.45) is 0 Å². The number of hydrogen-bond acceptors (Lipinski definition) is 8. The molecule has 11 heteroatoms. The van der Waals surface area contributed by atoms with E-state index in [9.17, 15) is 14.4 Å². The first-order chi connectivity index (χ1) is 15.0. The molecule has 0 saturated heterocycles. The van der Waals surface area contributed by atoms with Crippen LogP contribution in [0, 0.1) is 0 Å². The van der Waals surface area contributed by atoms with Crippen molar-refractivity contribution in [1.29, 1.82) is 0 Å². The first-order valence-electron chi connectivity index (χ1n) is 10.3. The summed E-state index contributed by atoms with van der Waals surface area (Å²) >= 11 is 0. The van der Waals surface area contributed by atoms with E-state index in [1.165, 1.54) is 10.9 Å². The average molecular weight is 435 g/mol. The maximum atomic E-state index is 12.2. The van der Waals surface area contributed by atoms with Crippen LogP contribution in [0.3, 0.4) is 0 Å². The summed E-state index contributed by atoms with van der Waals surface area (Å²) in [6.45, 7) is 3.45. The highest BCUT2D eigenvalue weighted by Gasteiger charge is 2.12. The van der Waals surface area contributed by atoms with E-state index in [4.69, 9.17) is 9.84 Å². The van der Waals surface area contributed by atoms with E-state index >= 15 is 0 Å². The van der Waals surface area contributed by atoms with Gasteiger partial charge in [-0.25, -0.2) is 4.98 Å². The quantitative estimate of drug-likeness (QED) is 0.218. The molecular formula is C20H29N5O6. The van der Waals surface area contributed by atoms with Gasteiger partial charge in [0, 0.05) is 12.8 Å². The Bertz CT molecular complexity index is 922. The number of aromatic nitrogens is 4. The number of imidazole rings is 1. The Morgan fingerprint density at radius 1 is 1.19 bits per heavy atom. The van der Waals surface area contributed by atoms with Gasteiger partial charge in [-0.05, 0) is 12.8 Å². The van der Waals surface area contributed by atoms with Gasteiger partial charge >= 0.3 is 5.97 Å². The van der Waals surface area contributed by atoms with E-state index < -0.39 is 5.56 Å². The number of hydrogen-bond donors (Lipinski definition) is 3. The minimum Gasteiger partial charge on any atom is -0.435 e. The van der Waals surface area contributed by atoms with Gasteiger partial charge in [-0.1, -0.05) is 32.3 Å². The summed E-state index contributed by atoms with van der Waals surface area (Å²) < 4.78 is 11.4. The molecule has 0 unspecified atom stereocenters. The van der Waals surface area contributed by atoms with Gasteiger partial charge in [-0.2, -0.15) is 4.98 Å². The van der Waals surface area contributed by atoms with E-state index in [-0.39, 0.29) is 48.9 Å². The van der Waals surface area contributed by atoms with Crippen molar-refractivity contribution < 1.29 is 24.2 Å². The van der Waals surface area contributed by atoms with Crippen LogP contribution in [0.25, 0.3) is 11.2 Å². The highest BCUT2D eigenvalue weighted by atomic mass is 16.5. The lowest BCUT2D eigenvalue weighted by Crippen LogP contribution is -2.19. The number of H-pyrrole nitrogens is 1. The maximum Gasteiger partial charge on any atom is 0.310 e. The third-order valence-corrected chi connectivity index (χ3v) is 4.45. The molecule has 2 aromatic heterocycles. The SMILES string of the molecule is C=COC(=O)CCCCCCCCC(=O)Nc1nc2c(ncn2COCCO)c(=O)[nH]1. The molecule has 0 aliphatic heterocycles. The van der Waals surface area contributed by atoms with Crippen LogP contribution in [0.5, 0.6) is 0 Å². The van der Waals surface area contributed by atoms with Crippen molar-refractivity contribution in [2.45, 2.75) is 58.1 Å². The molecule has 0 spiro atoms. The molecule has 0 fully saturated rings.